The first-order chi connectivity index (χ1) is 11.4. The second-order valence-corrected chi connectivity index (χ2v) is 9.03. The van der Waals surface area contributed by atoms with Crippen LogP contribution in [0.4, 0.5) is 5.13 Å². The molecule has 1 amide bonds. The molecule has 0 saturated carbocycles. The van der Waals surface area contributed by atoms with Gasteiger partial charge in [0.05, 0.1) is 5.02 Å². The first-order valence-electron chi connectivity index (χ1n) is 7.41. The Labute approximate surface area is 149 Å². The fourth-order valence-electron chi connectivity index (χ4n) is 2.49. The molecule has 1 saturated heterocycles. The molecule has 3 rings (SSSR count). The van der Waals surface area contributed by atoms with Crippen LogP contribution in [0.2, 0.25) is 5.02 Å². The first kappa shape index (κ1) is 17.3. The first-order valence-corrected chi connectivity index (χ1v) is 10.0. The van der Waals surface area contributed by atoms with Crippen LogP contribution in [-0.2, 0) is 10.0 Å². The van der Waals surface area contributed by atoms with Crippen molar-refractivity contribution < 1.29 is 13.2 Å². The molecule has 9 heteroatoms. The quantitative estimate of drug-likeness (QED) is 0.876. The van der Waals surface area contributed by atoms with Gasteiger partial charge in [-0.15, -0.1) is 11.3 Å². The van der Waals surface area contributed by atoms with Crippen molar-refractivity contribution in [3.63, 3.8) is 0 Å². The van der Waals surface area contributed by atoms with Crippen LogP contribution in [0.25, 0.3) is 0 Å². The lowest BCUT2D eigenvalue weighted by Gasteiger charge is -2.17. The highest BCUT2D eigenvalue weighted by atomic mass is 35.5. The number of amides is 1. The minimum absolute atomic E-state index is 0.0333. The number of hydrogen-bond donors (Lipinski definition) is 1. The molecule has 2 heterocycles. The molecule has 128 valence electrons. The second-order valence-electron chi connectivity index (χ2n) is 5.49. The van der Waals surface area contributed by atoms with Gasteiger partial charge in [0.2, 0.25) is 10.0 Å². The molecule has 1 N–H and O–H groups in total. The maximum absolute atomic E-state index is 12.7. The van der Waals surface area contributed by atoms with Crippen molar-refractivity contribution in [3.8, 4) is 0 Å². The number of benzene rings is 1. The van der Waals surface area contributed by atoms with Gasteiger partial charge >= 0.3 is 0 Å². The predicted molar refractivity (Wildman–Crippen MR) is 94.2 cm³/mol. The average Bonchev–Trinajstić information content (AvgIpc) is 3.19. The fourth-order valence-corrected chi connectivity index (χ4v) is 5.17. The molecule has 1 aliphatic heterocycles. The molecular weight excluding hydrogens is 370 g/mol. The number of carbonyl (C=O) groups is 1. The summed E-state index contributed by atoms with van der Waals surface area (Å²) >= 11 is 7.43. The largest absolute Gasteiger partial charge is 0.298 e. The standard InChI is InChI=1S/C15H16ClN3O3S2/c1-10-9-17-15(23-10)18-14(20)11-4-5-12(16)13(8-11)24(21,22)19-6-2-3-7-19/h4-5,8-9H,2-3,6-7H2,1H3,(H,17,18,20). The Hall–Kier alpha value is -1.48. The van der Waals surface area contributed by atoms with Crippen LogP contribution in [0.3, 0.4) is 0 Å². The lowest BCUT2D eigenvalue weighted by Crippen LogP contribution is -2.28. The Bertz CT molecular complexity index is 874. The molecule has 0 radical (unpaired) electrons. The predicted octanol–water partition coefficient (Wildman–Crippen LogP) is 3.14. The van der Waals surface area contributed by atoms with E-state index < -0.39 is 15.9 Å². The monoisotopic (exact) mass is 385 g/mol. The molecule has 2 aromatic rings. The van der Waals surface area contributed by atoms with Crippen molar-refractivity contribution in [2.24, 2.45) is 0 Å². The second kappa shape index (κ2) is 6.79. The summed E-state index contributed by atoms with van der Waals surface area (Å²) < 4.78 is 26.8. The molecule has 1 aliphatic rings. The third-order valence-corrected chi connectivity index (χ3v) is 6.93. The van der Waals surface area contributed by atoms with E-state index in [1.165, 1.54) is 33.8 Å². The van der Waals surface area contributed by atoms with Crippen molar-refractivity contribution in [1.82, 2.24) is 9.29 Å². The SMILES string of the molecule is Cc1cnc(NC(=O)c2ccc(Cl)c(S(=O)(=O)N3CCCC3)c2)s1. The summed E-state index contributed by atoms with van der Waals surface area (Å²) in [6.45, 7) is 2.84. The third-order valence-electron chi connectivity index (χ3n) is 3.72. The van der Waals surface area contributed by atoms with Crippen LogP contribution in [-0.4, -0.2) is 36.7 Å². The van der Waals surface area contributed by atoms with Gasteiger partial charge in [0, 0.05) is 29.7 Å². The van der Waals surface area contributed by atoms with Crippen LogP contribution in [0.1, 0.15) is 28.1 Å². The van der Waals surface area contributed by atoms with E-state index in [-0.39, 0.29) is 15.5 Å². The molecule has 0 bridgehead atoms. The summed E-state index contributed by atoms with van der Waals surface area (Å²) in [6, 6.07) is 4.26. The van der Waals surface area contributed by atoms with E-state index in [1.54, 1.807) is 6.20 Å². The number of anilines is 1. The average molecular weight is 386 g/mol. The van der Waals surface area contributed by atoms with Crippen LogP contribution >= 0.6 is 22.9 Å². The van der Waals surface area contributed by atoms with E-state index in [0.29, 0.717) is 18.2 Å². The maximum Gasteiger partial charge on any atom is 0.257 e. The van der Waals surface area contributed by atoms with E-state index in [2.05, 4.69) is 10.3 Å². The lowest BCUT2D eigenvalue weighted by atomic mass is 10.2. The lowest BCUT2D eigenvalue weighted by molar-refractivity contribution is 0.102. The topological polar surface area (TPSA) is 79.4 Å². The Kier molecular flexibility index (Phi) is 4.91. The Balaban J connectivity index is 1.89. The molecule has 0 unspecified atom stereocenters. The van der Waals surface area contributed by atoms with Gasteiger partial charge < -0.3 is 0 Å². The number of hydrogen-bond acceptors (Lipinski definition) is 5. The Morgan fingerprint density at radius 3 is 2.67 bits per heavy atom. The van der Waals surface area contributed by atoms with E-state index in [4.69, 9.17) is 11.6 Å². The minimum Gasteiger partial charge on any atom is -0.298 e. The van der Waals surface area contributed by atoms with Crippen LogP contribution in [0.5, 0.6) is 0 Å². The highest BCUT2D eigenvalue weighted by molar-refractivity contribution is 7.89. The Morgan fingerprint density at radius 2 is 2.04 bits per heavy atom. The Morgan fingerprint density at radius 1 is 1.33 bits per heavy atom. The van der Waals surface area contributed by atoms with Crippen LogP contribution in [0.15, 0.2) is 29.3 Å². The molecule has 0 aliphatic carbocycles. The minimum atomic E-state index is -3.69. The third kappa shape index (κ3) is 3.46. The fraction of sp³-hybridized carbons (Fsp3) is 0.333. The van der Waals surface area contributed by atoms with Crippen molar-refractivity contribution in [1.29, 1.82) is 0 Å². The van der Waals surface area contributed by atoms with E-state index in [9.17, 15) is 13.2 Å². The molecule has 24 heavy (non-hydrogen) atoms. The zero-order valence-electron chi connectivity index (χ0n) is 13.0. The summed E-state index contributed by atoms with van der Waals surface area (Å²) in [6.07, 6.45) is 3.33. The smallest absolute Gasteiger partial charge is 0.257 e. The van der Waals surface area contributed by atoms with Gasteiger partial charge in [0.25, 0.3) is 5.91 Å². The summed E-state index contributed by atoms with van der Waals surface area (Å²) in [7, 11) is -3.69. The molecule has 0 spiro atoms. The molecular formula is C15H16ClN3O3S2. The van der Waals surface area contributed by atoms with Gasteiger partial charge in [-0.05, 0) is 38.0 Å². The summed E-state index contributed by atoms with van der Waals surface area (Å²) in [5.74, 6) is -0.418. The van der Waals surface area contributed by atoms with E-state index in [0.717, 1.165) is 17.7 Å². The van der Waals surface area contributed by atoms with Gasteiger partial charge in [-0.2, -0.15) is 4.31 Å². The normalized spacial score (nSPS) is 15.6. The number of rotatable bonds is 4. The molecule has 6 nitrogen and oxygen atoms in total. The number of nitrogens with zero attached hydrogens (tertiary/aromatic N) is 2. The van der Waals surface area contributed by atoms with Gasteiger partial charge in [-0.25, -0.2) is 13.4 Å². The van der Waals surface area contributed by atoms with E-state index >= 15 is 0 Å². The number of halogens is 1. The van der Waals surface area contributed by atoms with Crippen LogP contribution in [0, 0.1) is 6.92 Å². The highest BCUT2D eigenvalue weighted by Crippen LogP contribution is 2.28. The van der Waals surface area contributed by atoms with Gasteiger partial charge in [-0.3, -0.25) is 10.1 Å². The number of aromatic nitrogens is 1. The maximum atomic E-state index is 12.7. The van der Waals surface area contributed by atoms with E-state index in [1.807, 2.05) is 6.92 Å². The van der Waals surface area contributed by atoms with Gasteiger partial charge in [0.1, 0.15) is 4.90 Å². The number of aryl methyl sites for hydroxylation is 1. The summed E-state index contributed by atoms with van der Waals surface area (Å²) in [5, 5.41) is 3.25. The van der Waals surface area contributed by atoms with Crippen molar-refractivity contribution in [2.75, 3.05) is 18.4 Å². The molecule has 1 aromatic carbocycles. The zero-order valence-corrected chi connectivity index (χ0v) is 15.3. The van der Waals surface area contributed by atoms with Crippen molar-refractivity contribution >= 4 is 44.0 Å². The van der Waals surface area contributed by atoms with Crippen molar-refractivity contribution in [2.45, 2.75) is 24.7 Å². The zero-order chi connectivity index (χ0) is 17.3. The number of thiazole rings is 1. The van der Waals surface area contributed by atoms with Crippen LogP contribution < -0.4 is 5.32 Å². The van der Waals surface area contributed by atoms with Gasteiger partial charge in [0.15, 0.2) is 5.13 Å². The van der Waals surface area contributed by atoms with Gasteiger partial charge in [-0.1, -0.05) is 11.6 Å². The molecule has 1 fully saturated rings. The summed E-state index contributed by atoms with van der Waals surface area (Å²) in [4.78, 5) is 17.3. The van der Waals surface area contributed by atoms with Crippen molar-refractivity contribution in [3.05, 3.63) is 39.9 Å². The molecule has 1 aromatic heterocycles. The number of nitrogens with one attached hydrogen (secondary N) is 1. The number of sulfonamides is 1. The molecule has 0 atom stereocenters. The highest BCUT2D eigenvalue weighted by Gasteiger charge is 2.29. The summed E-state index contributed by atoms with van der Waals surface area (Å²) in [5.41, 5.74) is 0.227. The number of carbonyl (C=O) groups excluding carboxylic acids is 1.